The molecule has 0 radical (unpaired) electrons. The molecule has 15 nitrogen and oxygen atoms in total. The Morgan fingerprint density at radius 2 is 1.02 bits per heavy atom. The average molecular weight is 708 g/mol. The van der Waals surface area contributed by atoms with Gasteiger partial charge in [-0.05, 0) is 29.9 Å². The quantitative estimate of drug-likeness (QED) is 0.0974. The summed E-state index contributed by atoms with van der Waals surface area (Å²) in [6.45, 7) is 4.87. The Labute approximate surface area is 292 Å². The predicted octanol–water partition coefficient (Wildman–Crippen LogP) is -0.402. The van der Waals surface area contributed by atoms with E-state index in [0.29, 0.717) is 24.0 Å². The van der Waals surface area contributed by atoms with E-state index in [0.717, 1.165) is 12.8 Å². The van der Waals surface area contributed by atoms with Crippen LogP contribution in [0, 0.1) is 5.92 Å². The minimum atomic E-state index is -1.39. The molecular weight excluding hydrogens is 658 g/mol. The van der Waals surface area contributed by atoms with Crippen molar-refractivity contribution in [2.45, 2.75) is 76.8 Å². The first-order valence-electron chi connectivity index (χ1n) is 15.7. The highest BCUT2D eigenvalue weighted by Gasteiger charge is 2.25. The first kappa shape index (κ1) is 44.4. The molecule has 2 aromatic carbocycles. The van der Waals surface area contributed by atoms with Gasteiger partial charge in [0.1, 0.15) is 24.3 Å². The lowest BCUT2D eigenvalue weighted by molar-refractivity contribution is -0.134. The minimum Gasteiger partial charge on any atom is -0.383 e. The van der Waals surface area contributed by atoms with Crippen LogP contribution in [0.15, 0.2) is 60.7 Å². The monoisotopic (exact) mass is 707 g/mol. The molecule has 16 heteroatoms. The summed E-state index contributed by atoms with van der Waals surface area (Å²) in [5, 5.41) is 29.2. The van der Waals surface area contributed by atoms with E-state index in [-0.39, 0.29) is 24.9 Å². The molecule has 6 unspecified atom stereocenters. The molecule has 6 amide bonds. The number of primary amides is 2. The van der Waals surface area contributed by atoms with Gasteiger partial charge in [-0.3, -0.25) is 28.8 Å². The highest BCUT2D eigenvalue weighted by atomic mass is 35.5. The molecular formula is C33H50ClN7O8. The zero-order chi connectivity index (χ0) is 36.2. The maximum atomic E-state index is 11.9. The van der Waals surface area contributed by atoms with E-state index in [1.165, 1.54) is 0 Å². The number of amides is 6. The Balaban J connectivity index is 0.000000922. The number of nitrogens with two attached hydrogens (primary N) is 3. The molecule has 0 aromatic heterocycles. The smallest absolute Gasteiger partial charge is 0.250 e. The number of carbonyl (C=O) groups excluding carboxylic acids is 6. The summed E-state index contributed by atoms with van der Waals surface area (Å²) in [5.74, 6) is -4.12. The molecule has 0 fully saturated rings. The lowest BCUT2D eigenvalue weighted by atomic mass is 9.99. The van der Waals surface area contributed by atoms with Crippen molar-refractivity contribution in [3.63, 3.8) is 0 Å². The molecule has 49 heavy (non-hydrogen) atoms. The van der Waals surface area contributed by atoms with Crippen LogP contribution in [0.5, 0.6) is 0 Å². The highest BCUT2D eigenvalue weighted by molar-refractivity contribution is 5.92. The topological polar surface area (TPSA) is 269 Å². The number of benzene rings is 2. The number of aliphatic hydroxyl groups excluding tert-OH is 2. The van der Waals surface area contributed by atoms with E-state index in [9.17, 15) is 39.0 Å². The van der Waals surface area contributed by atoms with Gasteiger partial charge in [0, 0.05) is 6.04 Å². The van der Waals surface area contributed by atoms with Gasteiger partial charge in [-0.2, -0.15) is 0 Å². The second-order valence-electron chi connectivity index (χ2n) is 11.2. The molecule has 272 valence electrons. The van der Waals surface area contributed by atoms with Crippen LogP contribution in [0.25, 0.3) is 0 Å². The van der Waals surface area contributed by atoms with Crippen molar-refractivity contribution in [1.29, 1.82) is 0 Å². The molecule has 12 N–H and O–H groups in total. The van der Waals surface area contributed by atoms with Gasteiger partial charge in [-0.25, -0.2) is 0 Å². The largest absolute Gasteiger partial charge is 0.383 e. The molecule has 6 atom stereocenters. The Morgan fingerprint density at radius 1 is 0.653 bits per heavy atom. The number of halogens is 1. The van der Waals surface area contributed by atoms with Crippen molar-refractivity contribution in [2.24, 2.45) is 23.1 Å². The second kappa shape index (κ2) is 23.7. The predicted molar refractivity (Wildman–Crippen MR) is 185 cm³/mol. The Kier molecular flexibility index (Phi) is 21.5. The molecule has 0 bridgehead atoms. The van der Waals surface area contributed by atoms with Gasteiger partial charge < -0.3 is 48.7 Å². The Bertz CT molecular complexity index is 1240. The lowest BCUT2D eigenvalue weighted by Gasteiger charge is -2.19. The third-order valence-electron chi connectivity index (χ3n) is 7.14. The van der Waals surface area contributed by atoms with Gasteiger partial charge in [0.25, 0.3) is 5.91 Å². The number of hydrogen-bond donors (Lipinski definition) is 9. The molecule has 0 saturated heterocycles. The molecule has 0 saturated carbocycles. The van der Waals surface area contributed by atoms with Crippen molar-refractivity contribution < 1.29 is 39.0 Å². The highest BCUT2D eigenvalue weighted by Crippen LogP contribution is 2.13. The number of rotatable bonds is 18. The van der Waals surface area contributed by atoms with Crippen LogP contribution in [0.4, 0.5) is 0 Å². The molecule has 2 aromatic rings. The first-order valence-corrected chi connectivity index (χ1v) is 15.7. The number of hydrogen-bond acceptors (Lipinski definition) is 9. The number of aliphatic hydroxyl groups is 2. The summed E-state index contributed by atoms with van der Waals surface area (Å²) in [6, 6.07) is 14.4. The van der Waals surface area contributed by atoms with Crippen molar-refractivity contribution in [2.75, 3.05) is 13.1 Å². The third-order valence-corrected chi connectivity index (χ3v) is 7.14. The number of carbonyl (C=O) groups is 6. The van der Waals surface area contributed by atoms with Crippen molar-refractivity contribution >= 4 is 47.9 Å². The molecule has 0 aliphatic rings. The van der Waals surface area contributed by atoms with Crippen LogP contribution in [0.1, 0.15) is 69.7 Å². The van der Waals surface area contributed by atoms with Crippen LogP contribution in [-0.2, 0) is 28.8 Å². The van der Waals surface area contributed by atoms with Gasteiger partial charge >= 0.3 is 0 Å². The van der Waals surface area contributed by atoms with Gasteiger partial charge in [0.15, 0.2) is 0 Å². The minimum absolute atomic E-state index is 0. The van der Waals surface area contributed by atoms with Crippen LogP contribution in [0.2, 0.25) is 0 Å². The summed E-state index contributed by atoms with van der Waals surface area (Å²) in [6.07, 6.45) is 0.210. The van der Waals surface area contributed by atoms with E-state index in [4.69, 9.17) is 17.2 Å². The fraction of sp³-hybridized carbons (Fsp3) is 0.455. The molecule has 0 heterocycles. The fourth-order valence-electron chi connectivity index (χ4n) is 4.45. The summed E-state index contributed by atoms with van der Waals surface area (Å²) < 4.78 is 0. The zero-order valence-electron chi connectivity index (χ0n) is 28.0. The van der Waals surface area contributed by atoms with Crippen molar-refractivity contribution in [3.05, 3.63) is 71.8 Å². The Morgan fingerprint density at radius 3 is 1.37 bits per heavy atom. The SMILES string of the molecule is CCCC(C)C(O)C(=O)NCC(=O)NC(C(N)=O)c1ccccc1.CCCC(N)C(O)C(=O)NCC(=O)NC(C(N)=O)c1ccccc1.Cl. The molecule has 0 aliphatic carbocycles. The maximum absolute atomic E-state index is 11.9. The third kappa shape index (κ3) is 16.4. The molecule has 0 spiro atoms. The van der Waals surface area contributed by atoms with Crippen LogP contribution in [0.3, 0.4) is 0 Å². The van der Waals surface area contributed by atoms with Crippen molar-refractivity contribution in [3.8, 4) is 0 Å². The van der Waals surface area contributed by atoms with Crippen LogP contribution < -0.4 is 38.5 Å². The van der Waals surface area contributed by atoms with E-state index < -0.39 is 72.3 Å². The summed E-state index contributed by atoms with van der Waals surface area (Å²) in [7, 11) is 0. The van der Waals surface area contributed by atoms with E-state index >= 15 is 0 Å². The lowest BCUT2D eigenvalue weighted by Crippen LogP contribution is -2.49. The van der Waals surface area contributed by atoms with Gasteiger partial charge in [-0.1, -0.05) is 94.3 Å². The summed E-state index contributed by atoms with van der Waals surface area (Å²) >= 11 is 0. The Hall–Kier alpha value is -4.57. The van der Waals surface area contributed by atoms with E-state index in [2.05, 4.69) is 21.3 Å². The molecule has 0 aliphatic heterocycles. The standard InChI is InChI=1S/C17H25N3O4.C16H24N4O4.ClH/c1-3-7-11(2)15(22)17(24)19-10-13(21)20-14(16(18)23)12-8-5-4-6-9-12;1-2-6-11(17)14(22)16(24)19-9-12(21)20-13(15(18)23)10-7-4-3-5-8-10;/h4-6,8-9,11,14-15,22H,3,7,10H2,1-2H3,(H2,18,23)(H,19,24)(H,20,21);3-5,7-8,11,13-14,22H,2,6,9,17H2,1H3,(H2,18,23)(H,19,24)(H,20,21);1H. The van der Waals surface area contributed by atoms with Crippen LogP contribution in [-0.4, -0.2) is 77.0 Å². The summed E-state index contributed by atoms with van der Waals surface area (Å²) in [5.41, 5.74) is 17.4. The van der Waals surface area contributed by atoms with Crippen molar-refractivity contribution in [1.82, 2.24) is 21.3 Å². The second-order valence-corrected chi connectivity index (χ2v) is 11.2. The van der Waals surface area contributed by atoms with E-state index in [1.54, 1.807) is 67.6 Å². The first-order chi connectivity index (χ1) is 22.7. The number of nitrogens with one attached hydrogen (secondary N) is 4. The average Bonchev–Trinajstić information content (AvgIpc) is 3.07. The van der Waals surface area contributed by atoms with Gasteiger partial charge in [0.05, 0.1) is 13.1 Å². The molecule has 2 rings (SSSR count). The zero-order valence-corrected chi connectivity index (χ0v) is 28.8. The van der Waals surface area contributed by atoms with Crippen LogP contribution >= 0.6 is 12.4 Å². The normalized spacial score (nSPS) is 14.0. The maximum Gasteiger partial charge on any atom is 0.250 e. The van der Waals surface area contributed by atoms with E-state index in [1.807, 2.05) is 13.8 Å². The fourth-order valence-corrected chi connectivity index (χ4v) is 4.45. The van der Waals surface area contributed by atoms with Gasteiger partial charge in [0.2, 0.25) is 29.5 Å². The summed E-state index contributed by atoms with van der Waals surface area (Å²) in [4.78, 5) is 70.4. The van der Waals surface area contributed by atoms with Gasteiger partial charge in [-0.15, -0.1) is 12.4 Å².